The Labute approximate surface area is 504 Å². The summed E-state index contributed by atoms with van der Waals surface area (Å²) in [7, 11) is 0. The molecule has 2 aromatic heterocycles. The molecule has 5 nitrogen and oxygen atoms in total. The lowest BCUT2D eigenvalue weighted by Crippen LogP contribution is -2.33. The maximum atomic E-state index is 9.02. The highest BCUT2D eigenvalue weighted by molar-refractivity contribution is 6.10. The van der Waals surface area contributed by atoms with Gasteiger partial charge in [0.25, 0.3) is 11.4 Å². The molecule has 0 saturated carbocycles. The van der Waals surface area contributed by atoms with Gasteiger partial charge in [-0.05, 0) is 159 Å². The van der Waals surface area contributed by atoms with E-state index in [0.717, 1.165) is 85.2 Å². The maximum absolute atomic E-state index is 9.02. The Kier molecular flexibility index (Phi) is 12.6. The van der Waals surface area contributed by atoms with Gasteiger partial charge < -0.3 is 4.74 Å². The molecule has 10 aromatic rings. The maximum Gasteiger partial charge on any atom is 0.503 e. The van der Waals surface area contributed by atoms with Crippen LogP contribution < -0.4 is 13.9 Å². The number of ether oxygens (including phenoxy) is 1. The molecule has 0 unspecified atom stereocenters. The summed E-state index contributed by atoms with van der Waals surface area (Å²) < 4.78 is 40.6. The van der Waals surface area contributed by atoms with E-state index in [1.54, 1.807) is 12.3 Å². The molecule has 12 rings (SSSR count). The molecule has 5 heteroatoms. The van der Waals surface area contributed by atoms with Crippen LogP contribution in [0.25, 0.3) is 61.0 Å². The van der Waals surface area contributed by atoms with Crippen molar-refractivity contribution in [3.05, 3.63) is 215 Å². The summed E-state index contributed by atoms with van der Waals surface area (Å²) in [5.41, 5.74) is 19.2. The lowest BCUT2D eigenvalue weighted by molar-refractivity contribution is 0.332. The molecular weight excluding hydrogens is 1020 g/mol. The van der Waals surface area contributed by atoms with Crippen LogP contribution in [0.15, 0.2) is 176 Å². The molecule has 0 N–H and O–H groups in total. The minimum atomic E-state index is -2.42. The average molecular weight is 1110 g/mol. The van der Waals surface area contributed by atoms with Crippen LogP contribution in [0, 0.1) is 6.85 Å². The zero-order valence-corrected chi connectivity index (χ0v) is 52.4. The van der Waals surface area contributed by atoms with Gasteiger partial charge in [-0.1, -0.05) is 208 Å². The van der Waals surface area contributed by atoms with E-state index in [9.17, 15) is 0 Å². The summed E-state index contributed by atoms with van der Waals surface area (Å²) >= 11 is 0. The summed E-state index contributed by atoms with van der Waals surface area (Å²) in [6, 6.07) is 64.7. The zero-order chi connectivity index (χ0) is 62.1. The van der Waals surface area contributed by atoms with Gasteiger partial charge in [0.1, 0.15) is 17.3 Å². The molecule has 8 aromatic carbocycles. The van der Waals surface area contributed by atoms with Gasteiger partial charge >= 0.3 is 6.01 Å². The number of aromatic nitrogens is 2. The Bertz CT molecular complexity index is 4450. The molecular formula is C79H84N4O+2. The van der Waals surface area contributed by atoms with Crippen LogP contribution in [0.4, 0.5) is 22.7 Å². The summed E-state index contributed by atoms with van der Waals surface area (Å²) in [5.74, 6) is 1.81. The second-order valence-electron chi connectivity index (χ2n) is 29.3. The van der Waals surface area contributed by atoms with E-state index in [-0.39, 0.29) is 38.1 Å². The molecule has 424 valence electrons. The molecule has 3 heterocycles. The first-order valence-corrected chi connectivity index (χ1v) is 30.1. The molecule has 0 atom stereocenters. The molecule has 0 saturated heterocycles. The highest BCUT2D eigenvalue weighted by Crippen LogP contribution is 2.50. The number of hydrogen-bond acceptors (Lipinski definition) is 2. The lowest BCUT2D eigenvalue weighted by atomic mass is 9.63. The van der Waals surface area contributed by atoms with Crippen molar-refractivity contribution in [2.24, 2.45) is 0 Å². The second kappa shape index (κ2) is 20.0. The number of nitrogens with zero attached hydrogens (tertiary/aromatic N) is 4. The monoisotopic (exact) mass is 1110 g/mol. The highest BCUT2D eigenvalue weighted by atomic mass is 16.5. The van der Waals surface area contributed by atoms with E-state index in [4.69, 9.17) is 13.8 Å². The van der Waals surface area contributed by atoms with Crippen molar-refractivity contribution in [1.29, 1.82) is 0 Å². The number of fused-ring (bicyclic) bond motifs is 5. The van der Waals surface area contributed by atoms with Crippen molar-refractivity contribution >= 4 is 50.6 Å². The first kappa shape index (κ1) is 52.7. The number of para-hydroxylation sites is 2. The van der Waals surface area contributed by atoms with Crippen LogP contribution in [-0.2, 0) is 32.5 Å². The Morgan fingerprint density at radius 2 is 1.05 bits per heavy atom. The van der Waals surface area contributed by atoms with Crippen LogP contribution in [0.2, 0.25) is 0 Å². The average Bonchev–Trinajstić information content (AvgIpc) is 1.92. The number of pyridine rings is 1. The van der Waals surface area contributed by atoms with E-state index in [2.05, 4.69) is 276 Å². The number of aryl methyl sites for hydroxylation is 1. The fraction of sp³-hybridized carbons (Fsp3) is 0.316. The predicted octanol–water partition coefficient (Wildman–Crippen LogP) is 21.7. The molecule has 0 bridgehead atoms. The quantitative estimate of drug-likeness (QED) is 0.142. The Hall–Kier alpha value is -8.11. The van der Waals surface area contributed by atoms with Crippen LogP contribution >= 0.6 is 0 Å². The van der Waals surface area contributed by atoms with E-state index < -0.39 is 6.85 Å². The molecule has 0 radical (unpaired) electrons. The largest absolute Gasteiger partial charge is 0.503 e. The summed E-state index contributed by atoms with van der Waals surface area (Å²) in [5, 5.41) is 2.05. The first-order chi connectivity index (χ1) is 40.7. The van der Waals surface area contributed by atoms with Gasteiger partial charge in [-0.25, -0.2) is 4.98 Å². The summed E-state index contributed by atoms with van der Waals surface area (Å²) in [4.78, 5) is 5.20. The van der Waals surface area contributed by atoms with Gasteiger partial charge in [0.05, 0.1) is 28.2 Å². The van der Waals surface area contributed by atoms with Crippen LogP contribution in [0.3, 0.4) is 0 Å². The van der Waals surface area contributed by atoms with E-state index in [1.165, 1.54) is 33.4 Å². The van der Waals surface area contributed by atoms with Crippen molar-refractivity contribution < 1.29 is 8.85 Å². The summed E-state index contributed by atoms with van der Waals surface area (Å²) in [6.45, 7) is 34.2. The molecule has 1 aliphatic heterocycles. The van der Waals surface area contributed by atoms with Gasteiger partial charge in [0, 0.05) is 50.9 Å². The third kappa shape index (κ3) is 10.2. The summed E-state index contributed by atoms with van der Waals surface area (Å²) in [6.07, 6.45) is 3.93. The third-order valence-corrected chi connectivity index (χ3v) is 18.0. The van der Waals surface area contributed by atoms with Gasteiger partial charge in [-0.15, -0.1) is 0 Å². The fourth-order valence-corrected chi connectivity index (χ4v) is 12.6. The molecule has 2 aliphatic rings. The smallest absolute Gasteiger partial charge is 0.457 e. The highest BCUT2D eigenvalue weighted by Gasteiger charge is 2.41. The molecule has 0 fully saturated rings. The predicted molar refractivity (Wildman–Crippen MR) is 357 cm³/mol. The van der Waals surface area contributed by atoms with Crippen LogP contribution in [0.5, 0.6) is 11.5 Å². The van der Waals surface area contributed by atoms with Gasteiger partial charge in [-0.3, -0.25) is 4.57 Å². The van der Waals surface area contributed by atoms with Gasteiger partial charge in [0.15, 0.2) is 0 Å². The van der Waals surface area contributed by atoms with Crippen molar-refractivity contribution in [1.82, 2.24) is 18.7 Å². The van der Waals surface area contributed by atoms with Gasteiger partial charge in [-0.2, -0.15) is 0 Å². The van der Waals surface area contributed by atoms with E-state index in [0.29, 0.717) is 22.9 Å². The van der Waals surface area contributed by atoms with Crippen molar-refractivity contribution in [2.45, 2.75) is 163 Å². The SMILES string of the molecule is [2H]C([2H])([2H])c1cc(-n2c3cc(Oc4cccc([N+]5=C=[N+](c6c(-c7ccccc7)cc(C(C)(C)C)cc6-c6cc(C(C)(C)C)cc(C(C)(C)C)c6)c6ccccc65)c4)ccc3c3ccc(C(C)(C)C)cc32)ncc1-c1ccc2c(c1)C(C)(C)CCC2(C)C. The third-order valence-electron chi connectivity index (χ3n) is 18.0. The minimum Gasteiger partial charge on any atom is -0.457 e. The van der Waals surface area contributed by atoms with Crippen molar-refractivity contribution in [2.75, 3.05) is 0 Å². The molecule has 0 amide bonds. The second-order valence-corrected chi connectivity index (χ2v) is 29.3. The van der Waals surface area contributed by atoms with Gasteiger partial charge in [0.2, 0.25) is 11.4 Å². The Morgan fingerprint density at radius 1 is 0.476 bits per heavy atom. The van der Waals surface area contributed by atoms with Crippen molar-refractivity contribution in [3.8, 4) is 50.7 Å². The van der Waals surface area contributed by atoms with E-state index in [1.807, 2.05) is 18.2 Å². The normalized spacial score (nSPS) is 15.7. The molecule has 0 spiro atoms. The minimum absolute atomic E-state index is 0.0293. The number of hydrogen-bond donors (Lipinski definition) is 0. The first-order valence-electron chi connectivity index (χ1n) is 31.6. The number of rotatable bonds is 8. The fourth-order valence-electron chi connectivity index (χ4n) is 12.6. The van der Waals surface area contributed by atoms with Crippen LogP contribution in [-0.4, -0.2) is 15.6 Å². The standard InChI is InChI=1S/C79H84N4O/c1-50-38-72(80-48-65(50)52-30-35-66-67(41-52)79(16,17)37-36-78(66,14)15)83-70-45-54(74(2,3)4)31-33-61(70)62-34-32-60(47-71(62)83)84-59-27-23-26-58(46-59)81-49-82(69-29-22-21-28-68(69)81)73-63(51-24-19-18-20-25-51)43-57(77(11,12)13)44-64(73)53-39-55(75(5,6)7)42-56(40-53)76(8,9)10/h18-35,38-48H,36-37H2,1-17H3/q+2/i1D3. The Balaban J connectivity index is 1.01. The van der Waals surface area contributed by atoms with E-state index >= 15 is 0 Å². The lowest BCUT2D eigenvalue weighted by Gasteiger charge is -2.42. The molecule has 84 heavy (non-hydrogen) atoms. The topological polar surface area (TPSA) is 33.1 Å². The Morgan fingerprint density at radius 3 is 1.69 bits per heavy atom. The van der Waals surface area contributed by atoms with Crippen molar-refractivity contribution in [3.63, 3.8) is 0 Å². The molecule has 1 aliphatic carbocycles. The number of benzene rings is 8. The zero-order valence-electron chi connectivity index (χ0n) is 55.4. The van der Waals surface area contributed by atoms with Crippen LogP contribution in [0.1, 0.15) is 167 Å².